The lowest BCUT2D eigenvalue weighted by molar-refractivity contribution is 0.242. The normalized spacial score (nSPS) is 14.7. The third-order valence-electron chi connectivity index (χ3n) is 3.09. The molecule has 2 unspecified atom stereocenters. The maximum Gasteiger partial charge on any atom is 0.120 e. The third-order valence-corrected chi connectivity index (χ3v) is 3.09. The Morgan fingerprint density at radius 1 is 1.05 bits per heavy atom. The zero-order valence-corrected chi connectivity index (χ0v) is 13.2. The van der Waals surface area contributed by atoms with Gasteiger partial charge in [0.1, 0.15) is 5.75 Å². The average Bonchev–Trinajstić information content (AvgIpc) is 2.27. The fraction of sp³-hybridized carbons (Fsp3) is 0.647. The van der Waals surface area contributed by atoms with Gasteiger partial charge in [-0.25, -0.2) is 0 Å². The lowest BCUT2D eigenvalue weighted by Gasteiger charge is -2.22. The van der Waals surface area contributed by atoms with Crippen molar-refractivity contribution in [1.82, 2.24) is 5.32 Å². The smallest absolute Gasteiger partial charge is 0.120 e. The van der Waals surface area contributed by atoms with E-state index < -0.39 is 0 Å². The highest BCUT2D eigenvalue weighted by Crippen LogP contribution is 2.21. The number of nitrogens with one attached hydrogen (secondary N) is 1. The Balaban J connectivity index is 2.63. The van der Waals surface area contributed by atoms with Gasteiger partial charge in [-0.05, 0) is 57.7 Å². The van der Waals surface area contributed by atoms with Crippen LogP contribution in [0.3, 0.4) is 0 Å². The predicted molar refractivity (Wildman–Crippen MR) is 82.7 cm³/mol. The van der Waals surface area contributed by atoms with E-state index in [1.807, 2.05) is 6.07 Å². The lowest BCUT2D eigenvalue weighted by Crippen LogP contribution is -2.30. The van der Waals surface area contributed by atoms with Gasteiger partial charge in [-0.15, -0.1) is 0 Å². The molecule has 0 saturated heterocycles. The van der Waals surface area contributed by atoms with E-state index in [1.165, 1.54) is 12.0 Å². The molecule has 0 aromatic heterocycles. The molecular formula is C17H29NO. The van der Waals surface area contributed by atoms with Crippen molar-refractivity contribution in [1.29, 1.82) is 0 Å². The first kappa shape index (κ1) is 16.0. The van der Waals surface area contributed by atoms with Gasteiger partial charge in [0.25, 0.3) is 0 Å². The first-order valence-electron chi connectivity index (χ1n) is 7.41. The van der Waals surface area contributed by atoms with E-state index in [0.717, 1.165) is 11.7 Å². The summed E-state index contributed by atoms with van der Waals surface area (Å²) in [4.78, 5) is 0. The molecule has 1 aromatic rings. The summed E-state index contributed by atoms with van der Waals surface area (Å²) in [6, 6.07) is 9.27. The number of rotatable bonds is 7. The zero-order chi connectivity index (χ0) is 14.4. The van der Waals surface area contributed by atoms with Gasteiger partial charge in [0.05, 0.1) is 6.10 Å². The van der Waals surface area contributed by atoms with Gasteiger partial charge in [-0.1, -0.05) is 26.0 Å². The van der Waals surface area contributed by atoms with Gasteiger partial charge in [0, 0.05) is 12.1 Å². The van der Waals surface area contributed by atoms with E-state index in [0.29, 0.717) is 12.1 Å². The predicted octanol–water partition coefficient (Wildman–Crippen LogP) is 4.56. The maximum absolute atomic E-state index is 5.75. The van der Waals surface area contributed by atoms with Crippen molar-refractivity contribution >= 4 is 0 Å². The summed E-state index contributed by atoms with van der Waals surface area (Å²) >= 11 is 0. The largest absolute Gasteiger partial charge is 0.491 e. The van der Waals surface area contributed by atoms with Crippen LogP contribution in [0.1, 0.15) is 59.6 Å². The molecule has 0 fully saturated rings. The highest BCUT2D eigenvalue weighted by atomic mass is 16.5. The summed E-state index contributed by atoms with van der Waals surface area (Å²) in [7, 11) is 0. The molecule has 19 heavy (non-hydrogen) atoms. The first-order valence-corrected chi connectivity index (χ1v) is 7.41. The number of hydrogen-bond donors (Lipinski definition) is 1. The Bertz CT molecular complexity index is 373. The van der Waals surface area contributed by atoms with E-state index in [2.05, 4.69) is 65.1 Å². The highest BCUT2D eigenvalue weighted by molar-refractivity contribution is 5.30. The molecule has 0 aliphatic carbocycles. The summed E-state index contributed by atoms with van der Waals surface area (Å²) in [5.74, 6) is 1.68. The summed E-state index contributed by atoms with van der Waals surface area (Å²) in [6.07, 6.45) is 1.42. The first-order chi connectivity index (χ1) is 8.88. The molecule has 0 aliphatic rings. The third kappa shape index (κ3) is 6.11. The fourth-order valence-corrected chi connectivity index (χ4v) is 2.43. The number of benzene rings is 1. The number of hydrogen-bond acceptors (Lipinski definition) is 2. The molecule has 0 heterocycles. The van der Waals surface area contributed by atoms with Crippen molar-refractivity contribution in [3.63, 3.8) is 0 Å². The SMILES string of the molecule is CC(C)CC(C)NC(C)c1cccc(OC(C)C)c1. The Hall–Kier alpha value is -1.02. The molecule has 0 aliphatic heterocycles. The highest BCUT2D eigenvalue weighted by Gasteiger charge is 2.11. The van der Waals surface area contributed by atoms with Crippen LogP contribution in [0.25, 0.3) is 0 Å². The van der Waals surface area contributed by atoms with Gasteiger partial charge in [0.2, 0.25) is 0 Å². The van der Waals surface area contributed by atoms with Crippen molar-refractivity contribution in [2.75, 3.05) is 0 Å². The minimum Gasteiger partial charge on any atom is -0.491 e. The molecule has 0 saturated carbocycles. The van der Waals surface area contributed by atoms with Crippen LogP contribution in [0.5, 0.6) is 5.75 Å². The summed E-state index contributed by atoms with van der Waals surface area (Å²) in [6.45, 7) is 13.1. The van der Waals surface area contributed by atoms with Gasteiger partial charge in [-0.2, -0.15) is 0 Å². The Kier molecular flexibility index (Phi) is 6.36. The molecule has 0 bridgehead atoms. The zero-order valence-electron chi connectivity index (χ0n) is 13.2. The van der Waals surface area contributed by atoms with Crippen LogP contribution in [0.4, 0.5) is 0 Å². The molecule has 108 valence electrons. The maximum atomic E-state index is 5.75. The topological polar surface area (TPSA) is 21.3 Å². The van der Waals surface area contributed by atoms with Gasteiger partial charge < -0.3 is 10.1 Å². The lowest BCUT2D eigenvalue weighted by atomic mass is 10.0. The second-order valence-electron chi connectivity index (χ2n) is 6.16. The van der Waals surface area contributed by atoms with Gasteiger partial charge in [-0.3, -0.25) is 0 Å². The average molecular weight is 263 g/mol. The Labute approximate surface area is 118 Å². The Morgan fingerprint density at radius 2 is 1.74 bits per heavy atom. The molecule has 2 heteroatoms. The second kappa shape index (κ2) is 7.54. The molecule has 0 amide bonds. The van der Waals surface area contributed by atoms with Gasteiger partial charge in [0.15, 0.2) is 0 Å². The van der Waals surface area contributed by atoms with Crippen molar-refractivity contribution in [3.8, 4) is 5.75 Å². The summed E-state index contributed by atoms with van der Waals surface area (Å²) < 4.78 is 5.75. The Morgan fingerprint density at radius 3 is 2.32 bits per heavy atom. The molecule has 1 N–H and O–H groups in total. The van der Waals surface area contributed by atoms with Crippen molar-refractivity contribution in [2.24, 2.45) is 5.92 Å². The van der Waals surface area contributed by atoms with E-state index >= 15 is 0 Å². The quantitative estimate of drug-likeness (QED) is 0.778. The molecule has 1 rings (SSSR count). The molecule has 1 aromatic carbocycles. The minimum absolute atomic E-state index is 0.221. The van der Waals surface area contributed by atoms with E-state index in [4.69, 9.17) is 4.74 Å². The van der Waals surface area contributed by atoms with Crippen LogP contribution < -0.4 is 10.1 Å². The van der Waals surface area contributed by atoms with Crippen LogP contribution in [0.15, 0.2) is 24.3 Å². The summed E-state index contributed by atoms with van der Waals surface area (Å²) in [5, 5.41) is 3.65. The second-order valence-corrected chi connectivity index (χ2v) is 6.16. The van der Waals surface area contributed by atoms with Crippen molar-refractivity contribution in [3.05, 3.63) is 29.8 Å². The van der Waals surface area contributed by atoms with Crippen LogP contribution in [-0.4, -0.2) is 12.1 Å². The van der Waals surface area contributed by atoms with Crippen molar-refractivity contribution in [2.45, 2.75) is 66.2 Å². The molecule has 2 atom stereocenters. The minimum atomic E-state index is 0.221. The molecular weight excluding hydrogens is 234 g/mol. The van der Waals surface area contributed by atoms with Crippen LogP contribution in [0, 0.1) is 5.92 Å². The van der Waals surface area contributed by atoms with Gasteiger partial charge >= 0.3 is 0 Å². The standard InChI is InChI=1S/C17H29NO/c1-12(2)10-14(5)18-15(6)16-8-7-9-17(11-16)19-13(3)4/h7-9,11-15,18H,10H2,1-6H3. The molecule has 2 nitrogen and oxygen atoms in total. The van der Waals surface area contributed by atoms with Crippen molar-refractivity contribution < 1.29 is 4.74 Å². The van der Waals surface area contributed by atoms with Crippen LogP contribution >= 0.6 is 0 Å². The van der Waals surface area contributed by atoms with E-state index in [-0.39, 0.29) is 6.10 Å². The number of ether oxygens (including phenoxy) is 1. The summed E-state index contributed by atoms with van der Waals surface area (Å²) in [5.41, 5.74) is 1.29. The van der Waals surface area contributed by atoms with E-state index in [9.17, 15) is 0 Å². The fourth-order valence-electron chi connectivity index (χ4n) is 2.43. The monoisotopic (exact) mass is 263 g/mol. The van der Waals surface area contributed by atoms with Crippen LogP contribution in [0.2, 0.25) is 0 Å². The molecule has 0 spiro atoms. The van der Waals surface area contributed by atoms with E-state index in [1.54, 1.807) is 0 Å². The molecule has 0 radical (unpaired) electrons. The van der Waals surface area contributed by atoms with Crippen LogP contribution in [-0.2, 0) is 0 Å².